The average molecular weight is 472 g/mol. The Morgan fingerprint density at radius 3 is 2.43 bits per heavy atom. The molecule has 178 valence electrons. The molecule has 0 saturated carbocycles. The van der Waals surface area contributed by atoms with Crippen LogP contribution in [0.5, 0.6) is 0 Å². The van der Waals surface area contributed by atoms with Gasteiger partial charge in [0.2, 0.25) is 0 Å². The fraction of sp³-hybridized carbons (Fsp3) is 0.250. The quantitative estimate of drug-likeness (QED) is 0.367. The lowest BCUT2D eigenvalue weighted by atomic mass is 9.74. The lowest BCUT2D eigenvalue weighted by Gasteiger charge is -2.39. The van der Waals surface area contributed by atoms with Gasteiger partial charge in [0.05, 0.1) is 4.92 Å². The van der Waals surface area contributed by atoms with Crippen LogP contribution in [0.2, 0.25) is 0 Å². The highest BCUT2D eigenvalue weighted by Gasteiger charge is 2.46. The molecule has 5 rings (SSSR count). The zero-order valence-electron chi connectivity index (χ0n) is 19.3. The summed E-state index contributed by atoms with van der Waals surface area (Å²) in [5.74, 6) is -0.529. The van der Waals surface area contributed by atoms with Gasteiger partial charge in [-0.1, -0.05) is 42.5 Å². The first-order valence-corrected chi connectivity index (χ1v) is 11.8. The van der Waals surface area contributed by atoms with Crippen LogP contribution >= 0.6 is 0 Å². The van der Waals surface area contributed by atoms with Gasteiger partial charge in [-0.2, -0.15) is 0 Å². The van der Waals surface area contributed by atoms with Crippen LogP contribution < -0.4 is 4.90 Å². The highest BCUT2D eigenvalue weighted by Crippen LogP contribution is 2.47. The highest BCUT2D eigenvalue weighted by atomic mass is 19.1. The fourth-order valence-corrected chi connectivity index (χ4v) is 5.20. The summed E-state index contributed by atoms with van der Waals surface area (Å²) in [6, 6.07) is 20.5. The second-order valence-electron chi connectivity index (χ2n) is 9.25. The molecule has 0 atom stereocenters. The van der Waals surface area contributed by atoms with E-state index in [1.165, 1.54) is 35.9 Å². The third-order valence-electron chi connectivity index (χ3n) is 7.14. The minimum absolute atomic E-state index is 0.0596. The van der Waals surface area contributed by atoms with Crippen molar-refractivity contribution in [3.8, 4) is 0 Å². The van der Waals surface area contributed by atoms with Crippen LogP contribution in [0.25, 0.3) is 6.08 Å². The van der Waals surface area contributed by atoms with Gasteiger partial charge in [-0.25, -0.2) is 4.39 Å². The van der Waals surface area contributed by atoms with Gasteiger partial charge in [0.15, 0.2) is 0 Å². The maximum Gasteiger partial charge on any atom is 0.269 e. The number of nitrogens with zero attached hydrogens (tertiary/aromatic N) is 3. The zero-order chi connectivity index (χ0) is 24.4. The number of carbonyl (C=O) groups excluding carboxylic acids is 1. The van der Waals surface area contributed by atoms with Crippen LogP contribution in [0.15, 0.2) is 78.9 Å². The summed E-state index contributed by atoms with van der Waals surface area (Å²) in [5, 5.41) is 11.0. The summed E-state index contributed by atoms with van der Waals surface area (Å²) in [6.45, 7) is 3.03. The molecule has 0 radical (unpaired) electrons. The van der Waals surface area contributed by atoms with E-state index < -0.39 is 4.92 Å². The van der Waals surface area contributed by atoms with Gasteiger partial charge in [-0.3, -0.25) is 19.8 Å². The first kappa shape index (κ1) is 22.9. The predicted molar refractivity (Wildman–Crippen MR) is 134 cm³/mol. The number of non-ortho nitro benzene ring substituents is 1. The Bertz CT molecular complexity index is 1270. The number of anilines is 1. The summed E-state index contributed by atoms with van der Waals surface area (Å²) in [5.41, 5.74) is 2.80. The molecule has 0 N–H and O–H groups in total. The predicted octanol–water partition coefficient (Wildman–Crippen LogP) is 5.44. The molecule has 1 saturated heterocycles. The van der Waals surface area contributed by atoms with Gasteiger partial charge < -0.3 is 4.90 Å². The number of piperidine rings is 1. The van der Waals surface area contributed by atoms with E-state index >= 15 is 0 Å². The van der Waals surface area contributed by atoms with Crippen LogP contribution in [-0.4, -0.2) is 41.9 Å². The van der Waals surface area contributed by atoms with E-state index in [0.717, 1.165) is 43.7 Å². The molecule has 1 amide bonds. The van der Waals surface area contributed by atoms with Crippen molar-refractivity contribution >= 4 is 23.4 Å². The molecule has 2 aliphatic rings. The monoisotopic (exact) mass is 471 g/mol. The molecule has 6 nitrogen and oxygen atoms in total. The van der Waals surface area contributed by atoms with E-state index in [4.69, 9.17) is 0 Å². The highest BCUT2D eigenvalue weighted by molar-refractivity contribution is 6.07. The van der Waals surface area contributed by atoms with Crippen LogP contribution in [0.1, 0.15) is 34.3 Å². The van der Waals surface area contributed by atoms with Crippen LogP contribution in [0.4, 0.5) is 15.8 Å². The molecule has 3 aromatic carbocycles. The Morgan fingerprint density at radius 2 is 1.74 bits per heavy atom. The Hall–Kier alpha value is -3.84. The number of likely N-dealkylation sites (tertiary alicyclic amines) is 1. The number of fused-ring (bicyclic) bond motifs is 2. The smallest absolute Gasteiger partial charge is 0.269 e. The SMILES string of the molecule is O=C(c1ccc([N+](=O)[O-])cc1)N1CC2(CCN(CC=Cc3ccccc3)CC2)c2cc(F)ccc21. The molecule has 2 aliphatic heterocycles. The lowest BCUT2D eigenvalue weighted by Crippen LogP contribution is -2.46. The first-order chi connectivity index (χ1) is 16.9. The van der Waals surface area contributed by atoms with Gasteiger partial charge in [0, 0.05) is 41.9 Å². The number of carbonyl (C=O) groups is 1. The van der Waals surface area contributed by atoms with Crippen LogP contribution in [0, 0.1) is 15.9 Å². The van der Waals surface area contributed by atoms with E-state index in [9.17, 15) is 19.3 Å². The van der Waals surface area contributed by atoms with Crippen LogP contribution in [0.3, 0.4) is 0 Å². The standard InChI is InChI=1S/C28H26FN3O3/c29-23-10-13-26-25(19-23)28(20-31(26)27(33)22-8-11-24(12-9-22)32(34)35)14-17-30(18-15-28)16-4-7-21-5-2-1-3-6-21/h1-13,19H,14-18,20H2. The maximum absolute atomic E-state index is 14.3. The van der Waals surface area contributed by atoms with Gasteiger partial charge in [0.1, 0.15) is 5.82 Å². The Labute approximate surface area is 203 Å². The van der Waals surface area contributed by atoms with E-state index in [0.29, 0.717) is 12.1 Å². The Balaban J connectivity index is 1.32. The molecule has 7 heteroatoms. The van der Waals surface area contributed by atoms with Crippen molar-refractivity contribution in [3.63, 3.8) is 0 Å². The third kappa shape index (κ3) is 4.59. The Kier molecular flexibility index (Phi) is 6.17. The van der Waals surface area contributed by atoms with E-state index in [1.54, 1.807) is 17.0 Å². The summed E-state index contributed by atoms with van der Waals surface area (Å²) in [4.78, 5) is 28.0. The number of nitro groups is 1. The molecule has 3 aromatic rings. The summed E-state index contributed by atoms with van der Waals surface area (Å²) in [6.07, 6.45) is 5.94. The molecule has 1 fully saturated rings. The minimum Gasteiger partial charge on any atom is -0.307 e. The fourth-order valence-electron chi connectivity index (χ4n) is 5.20. The van der Waals surface area contributed by atoms with Gasteiger partial charge >= 0.3 is 0 Å². The molecular formula is C28H26FN3O3. The van der Waals surface area contributed by atoms with Crippen molar-refractivity contribution in [3.05, 3.63) is 111 Å². The molecule has 0 aliphatic carbocycles. The largest absolute Gasteiger partial charge is 0.307 e. The van der Waals surface area contributed by atoms with E-state index in [-0.39, 0.29) is 22.8 Å². The van der Waals surface area contributed by atoms with E-state index in [1.807, 2.05) is 18.2 Å². The number of benzene rings is 3. The number of hydrogen-bond donors (Lipinski definition) is 0. The van der Waals surface area contributed by atoms with E-state index in [2.05, 4.69) is 29.2 Å². The number of halogens is 1. The van der Waals surface area contributed by atoms with Crippen molar-refractivity contribution in [1.29, 1.82) is 0 Å². The van der Waals surface area contributed by atoms with Gasteiger partial charge in [-0.15, -0.1) is 0 Å². The molecule has 0 aromatic heterocycles. The maximum atomic E-state index is 14.3. The second-order valence-corrected chi connectivity index (χ2v) is 9.25. The lowest BCUT2D eigenvalue weighted by molar-refractivity contribution is -0.384. The summed E-state index contributed by atoms with van der Waals surface area (Å²) >= 11 is 0. The molecule has 2 heterocycles. The normalized spacial score (nSPS) is 17.1. The number of amides is 1. The van der Waals surface area contributed by atoms with Crippen molar-refractivity contribution in [2.45, 2.75) is 18.3 Å². The first-order valence-electron chi connectivity index (χ1n) is 11.8. The topological polar surface area (TPSA) is 66.7 Å². The Morgan fingerprint density at radius 1 is 1.03 bits per heavy atom. The molecule has 0 unspecified atom stereocenters. The van der Waals surface area contributed by atoms with Crippen molar-refractivity contribution in [2.24, 2.45) is 0 Å². The van der Waals surface area contributed by atoms with Crippen molar-refractivity contribution in [1.82, 2.24) is 4.90 Å². The number of hydrogen-bond acceptors (Lipinski definition) is 4. The van der Waals surface area contributed by atoms with Crippen molar-refractivity contribution < 1.29 is 14.1 Å². The number of nitro benzene ring substituents is 1. The summed E-state index contributed by atoms with van der Waals surface area (Å²) in [7, 11) is 0. The van der Waals surface area contributed by atoms with Gasteiger partial charge in [0.25, 0.3) is 11.6 Å². The van der Waals surface area contributed by atoms with Crippen LogP contribution in [-0.2, 0) is 5.41 Å². The van der Waals surface area contributed by atoms with Gasteiger partial charge in [-0.05, 0) is 67.4 Å². The zero-order valence-corrected chi connectivity index (χ0v) is 19.3. The molecule has 1 spiro atoms. The third-order valence-corrected chi connectivity index (χ3v) is 7.14. The minimum atomic E-state index is -0.486. The number of rotatable bonds is 5. The average Bonchev–Trinajstić information content (AvgIpc) is 3.18. The molecule has 0 bridgehead atoms. The second kappa shape index (κ2) is 9.43. The summed E-state index contributed by atoms with van der Waals surface area (Å²) < 4.78 is 14.3. The molecule has 35 heavy (non-hydrogen) atoms. The van der Waals surface area contributed by atoms with Crippen molar-refractivity contribution in [2.75, 3.05) is 31.1 Å². The molecular weight excluding hydrogens is 445 g/mol.